The van der Waals surface area contributed by atoms with Crippen LogP contribution in [-0.4, -0.2) is 76.2 Å². The van der Waals surface area contributed by atoms with Crippen molar-refractivity contribution in [3.05, 3.63) is 48.0 Å². The van der Waals surface area contributed by atoms with E-state index in [0.29, 0.717) is 37.7 Å². The number of nitrogens with one attached hydrogen (secondary N) is 1. The molecule has 0 atom stereocenters. The highest BCUT2D eigenvalue weighted by atomic mass is 32.2. The number of nitrogens with zero attached hydrogens (tertiary/aromatic N) is 2. The first-order valence-electron chi connectivity index (χ1n) is 10.7. The fourth-order valence-corrected chi connectivity index (χ4v) is 4.95. The molecule has 2 aromatic carbocycles. The Morgan fingerprint density at radius 3 is 2.50 bits per heavy atom. The third-order valence-electron chi connectivity index (χ3n) is 5.46. The number of fused-ring (bicyclic) bond motifs is 1. The summed E-state index contributed by atoms with van der Waals surface area (Å²) >= 11 is 0. The fraction of sp³-hybridized carbons (Fsp3) is 0.409. The number of carbonyl (C=O) groups is 1. The molecule has 0 radical (unpaired) electrons. The second-order valence-electron chi connectivity index (χ2n) is 8.03. The summed E-state index contributed by atoms with van der Waals surface area (Å²) in [6, 6.07) is 10.3. The van der Waals surface area contributed by atoms with Crippen LogP contribution in [0.1, 0.15) is 16.8 Å². The monoisotopic (exact) mass is 499 g/mol. The molecule has 0 aromatic heterocycles. The zero-order chi connectivity index (χ0) is 24.3. The van der Waals surface area contributed by atoms with E-state index in [-0.39, 0.29) is 41.7 Å². The Bertz CT molecular complexity index is 1160. The van der Waals surface area contributed by atoms with E-state index in [9.17, 15) is 26.4 Å². The third kappa shape index (κ3) is 5.92. The molecule has 2 heterocycles. The van der Waals surface area contributed by atoms with Crippen LogP contribution in [0.4, 0.5) is 18.9 Å². The standard InChI is InChI=1S/C22H24F3N3O5S/c23-22(24,25)15-27-7-2-8-28(10-9-27)21(29)16-3-1-4-17(13-16)26-34(30,31)18-5-6-19-20(14-18)33-12-11-32-19/h1,3-6,13-14,26H,2,7-12,15H2. The smallest absolute Gasteiger partial charge is 0.401 e. The quantitative estimate of drug-likeness (QED) is 0.681. The maximum atomic E-state index is 13.0. The lowest BCUT2D eigenvalue weighted by molar-refractivity contribution is -0.145. The van der Waals surface area contributed by atoms with E-state index < -0.39 is 22.7 Å². The molecule has 0 spiro atoms. The molecule has 2 aromatic rings. The minimum absolute atomic E-state index is 0.0225. The maximum absolute atomic E-state index is 13.0. The molecule has 12 heteroatoms. The molecule has 4 rings (SSSR count). The van der Waals surface area contributed by atoms with Crippen LogP contribution in [0.25, 0.3) is 0 Å². The van der Waals surface area contributed by atoms with Crippen LogP contribution in [0.5, 0.6) is 11.5 Å². The van der Waals surface area contributed by atoms with Gasteiger partial charge in [0.15, 0.2) is 11.5 Å². The summed E-state index contributed by atoms with van der Waals surface area (Å²) < 4.78 is 77.1. The predicted octanol–water partition coefficient (Wildman–Crippen LogP) is 2.97. The van der Waals surface area contributed by atoms with E-state index in [1.165, 1.54) is 40.1 Å². The van der Waals surface area contributed by atoms with Gasteiger partial charge >= 0.3 is 6.18 Å². The molecule has 1 amide bonds. The second-order valence-corrected chi connectivity index (χ2v) is 9.71. The van der Waals surface area contributed by atoms with Gasteiger partial charge in [0.05, 0.1) is 11.4 Å². The van der Waals surface area contributed by atoms with Gasteiger partial charge in [-0.25, -0.2) is 8.42 Å². The summed E-state index contributed by atoms with van der Waals surface area (Å²) in [5, 5.41) is 0. The summed E-state index contributed by atoms with van der Waals surface area (Å²) in [6.45, 7) is 0.531. The van der Waals surface area contributed by atoms with E-state index in [0.717, 1.165) is 0 Å². The normalized spacial score (nSPS) is 17.2. The number of hydrogen-bond donors (Lipinski definition) is 1. The van der Waals surface area contributed by atoms with Crippen molar-refractivity contribution in [3.8, 4) is 11.5 Å². The molecule has 184 valence electrons. The summed E-state index contributed by atoms with van der Waals surface area (Å²) in [6.07, 6.45) is -3.87. The second kappa shape index (κ2) is 9.71. The lowest BCUT2D eigenvalue weighted by atomic mass is 10.1. The number of benzene rings is 2. The molecule has 1 saturated heterocycles. The SMILES string of the molecule is O=C(c1cccc(NS(=O)(=O)c2ccc3c(c2)OCCO3)c1)N1CCCN(CC(F)(F)F)CC1. The Hall–Kier alpha value is -2.99. The average Bonchev–Trinajstić information content (AvgIpc) is 3.02. The molecule has 0 unspecified atom stereocenters. The predicted molar refractivity (Wildman–Crippen MR) is 118 cm³/mol. The lowest BCUT2D eigenvalue weighted by Crippen LogP contribution is -2.38. The van der Waals surface area contributed by atoms with Gasteiger partial charge in [0.2, 0.25) is 0 Å². The van der Waals surface area contributed by atoms with Crippen LogP contribution in [0.15, 0.2) is 47.4 Å². The number of carbonyl (C=O) groups excluding carboxylic acids is 1. The van der Waals surface area contributed by atoms with Crippen LogP contribution in [0.2, 0.25) is 0 Å². The van der Waals surface area contributed by atoms with Crippen LogP contribution < -0.4 is 14.2 Å². The Kier molecular flexibility index (Phi) is 6.89. The van der Waals surface area contributed by atoms with Crippen molar-refractivity contribution in [2.24, 2.45) is 0 Å². The summed E-state index contributed by atoms with van der Waals surface area (Å²) in [4.78, 5) is 15.7. The number of rotatable bonds is 5. The minimum Gasteiger partial charge on any atom is -0.486 e. The first-order valence-corrected chi connectivity index (χ1v) is 12.2. The summed E-state index contributed by atoms with van der Waals surface area (Å²) in [7, 11) is -3.97. The number of halogens is 3. The number of anilines is 1. The van der Waals surface area contributed by atoms with Crippen molar-refractivity contribution in [1.82, 2.24) is 9.80 Å². The van der Waals surface area contributed by atoms with E-state index in [2.05, 4.69) is 4.72 Å². The first kappa shape index (κ1) is 24.1. The first-order chi connectivity index (χ1) is 16.1. The van der Waals surface area contributed by atoms with Gasteiger partial charge in [-0.05, 0) is 36.8 Å². The Labute approximate surface area is 195 Å². The maximum Gasteiger partial charge on any atom is 0.401 e. The van der Waals surface area contributed by atoms with Gasteiger partial charge in [-0.1, -0.05) is 6.07 Å². The van der Waals surface area contributed by atoms with Crippen LogP contribution >= 0.6 is 0 Å². The molecule has 0 saturated carbocycles. The van der Waals surface area contributed by atoms with Crippen molar-refractivity contribution < 1.29 is 35.9 Å². The van der Waals surface area contributed by atoms with Gasteiger partial charge in [-0.3, -0.25) is 14.4 Å². The van der Waals surface area contributed by atoms with Crippen LogP contribution in [-0.2, 0) is 10.0 Å². The minimum atomic E-state index is -4.29. The Balaban J connectivity index is 1.45. The molecule has 2 aliphatic rings. The largest absolute Gasteiger partial charge is 0.486 e. The number of sulfonamides is 1. The Morgan fingerprint density at radius 2 is 1.74 bits per heavy atom. The topological polar surface area (TPSA) is 88.2 Å². The molecule has 34 heavy (non-hydrogen) atoms. The van der Waals surface area contributed by atoms with Crippen molar-refractivity contribution in [3.63, 3.8) is 0 Å². The molecule has 0 bridgehead atoms. The number of hydrogen-bond acceptors (Lipinski definition) is 6. The van der Waals surface area contributed by atoms with E-state index in [1.54, 1.807) is 12.1 Å². The van der Waals surface area contributed by atoms with Gasteiger partial charge in [0, 0.05) is 43.5 Å². The van der Waals surface area contributed by atoms with Gasteiger partial charge in [0.25, 0.3) is 15.9 Å². The molecular weight excluding hydrogens is 475 g/mol. The molecule has 1 fully saturated rings. The number of amides is 1. The molecule has 1 N–H and O–H groups in total. The molecular formula is C22H24F3N3O5S. The highest BCUT2D eigenvalue weighted by Crippen LogP contribution is 2.32. The van der Waals surface area contributed by atoms with Gasteiger partial charge in [0.1, 0.15) is 13.2 Å². The van der Waals surface area contributed by atoms with Crippen molar-refractivity contribution in [2.75, 3.05) is 50.7 Å². The van der Waals surface area contributed by atoms with E-state index >= 15 is 0 Å². The lowest BCUT2D eigenvalue weighted by Gasteiger charge is -2.23. The van der Waals surface area contributed by atoms with Gasteiger partial charge < -0.3 is 14.4 Å². The van der Waals surface area contributed by atoms with Crippen molar-refractivity contribution in [1.29, 1.82) is 0 Å². The third-order valence-corrected chi connectivity index (χ3v) is 6.84. The number of ether oxygens (including phenoxy) is 2. The van der Waals surface area contributed by atoms with Crippen LogP contribution in [0, 0.1) is 0 Å². The molecule has 2 aliphatic heterocycles. The summed E-state index contributed by atoms with van der Waals surface area (Å²) in [5.74, 6) is 0.428. The van der Waals surface area contributed by atoms with Gasteiger partial charge in [-0.2, -0.15) is 13.2 Å². The van der Waals surface area contributed by atoms with Gasteiger partial charge in [-0.15, -0.1) is 0 Å². The van der Waals surface area contributed by atoms with Crippen LogP contribution in [0.3, 0.4) is 0 Å². The average molecular weight is 500 g/mol. The van der Waals surface area contributed by atoms with E-state index in [1.807, 2.05) is 0 Å². The van der Waals surface area contributed by atoms with E-state index in [4.69, 9.17) is 9.47 Å². The summed E-state index contributed by atoms with van der Waals surface area (Å²) in [5.41, 5.74) is 0.431. The molecule has 0 aliphatic carbocycles. The highest BCUT2D eigenvalue weighted by Gasteiger charge is 2.32. The van der Waals surface area contributed by atoms with Crippen molar-refractivity contribution in [2.45, 2.75) is 17.5 Å². The zero-order valence-corrected chi connectivity index (χ0v) is 19.0. The van der Waals surface area contributed by atoms with Crippen molar-refractivity contribution >= 4 is 21.6 Å². The highest BCUT2D eigenvalue weighted by molar-refractivity contribution is 7.92. The fourth-order valence-electron chi connectivity index (χ4n) is 3.89. The zero-order valence-electron chi connectivity index (χ0n) is 18.2. The Morgan fingerprint density at radius 1 is 0.971 bits per heavy atom. The molecule has 8 nitrogen and oxygen atoms in total. The number of alkyl halides is 3.